The number of hydrogen-bond acceptors (Lipinski definition) is 2. The molecule has 0 aromatic heterocycles. The fourth-order valence-corrected chi connectivity index (χ4v) is 3.89. The van der Waals surface area contributed by atoms with Gasteiger partial charge in [-0.3, -0.25) is 9.59 Å². The molecule has 0 spiro atoms. The van der Waals surface area contributed by atoms with Crippen LogP contribution in [-0.2, 0) is 16.0 Å². The molecule has 2 amide bonds. The van der Waals surface area contributed by atoms with Crippen LogP contribution in [0.5, 0.6) is 0 Å². The molecule has 1 aliphatic carbocycles. The van der Waals surface area contributed by atoms with Crippen molar-refractivity contribution in [3.8, 4) is 0 Å². The zero-order chi connectivity index (χ0) is 18.3. The summed E-state index contributed by atoms with van der Waals surface area (Å²) in [6, 6.07) is 13.1. The van der Waals surface area contributed by atoms with Gasteiger partial charge in [-0.2, -0.15) is 0 Å². The molecule has 2 atom stereocenters. The number of fused-ring (bicyclic) bond motifs is 1. The second kappa shape index (κ2) is 6.93. The number of nitrogens with one attached hydrogen (secondary N) is 1. The summed E-state index contributed by atoms with van der Waals surface area (Å²) in [4.78, 5) is 27.2. The maximum absolute atomic E-state index is 12.9. The molecule has 1 fully saturated rings. The summed E-state index contributed by atoms with van der Waals surface area (Å²) in [5.74, 6) is -0.724. The molecule has 1 heterocycles. The molecule has 134 valence electrons. The number of rotatable bonds is 3. The van der Waals surface area contributed by atoms with Crippen LogP contribution in [0.2, 0.25) is 10.0 Å². The van der Waals surface area contributed by atoms with Crippen LogP contribution in [0.25, 0.3) is 0 Å². The van der Waals surface area contributed by atoms with Crippen molar-refractivity contribution >= 4 is 46.4 Å². The van der Waals surface area contributed by atoms with Gasteiger partial charge in [-0.15, -0.1) is 0 Å². The van der Waals surface area contributed by atoms with E-state index in [9.17, 15) is 9.59 Å². The fourth-order valence-electron chi connectivity index (χ4n) is 3.55. The molecular formula is C20H18Cl2N2O2. The Labute approximate surface area is 162 Å². The van der Waals surface area contributed by atoms with Gasteiger partial charge in [-0.1, -0.05) is 47.5 Å². The predicted molar refractivity (Wildman–Crippen MR) is 104 cm³/mol. The molecule has 0 radical (unpaired) electrons. The first kappa shape index (κ1) is 17.4. The SMILES string of the molecule is O=C(Nc1cccc(Cl)c1Cl)C1CC1C(=O)N1CCCc2ccccc21. The number of aryl methyl sites for hydroxylation is 1. The Bertz CT molecular complexity index is 884. The summed E-state index contributed by atoms with van der Waals surface area (Å²) >= 11 is 12.1. The van der Waals surface area contributed by atoms with Gasteiger partial charge in [0.05, 0.1) is 27.6 Å². The highest BCUT2D eigenvalue weighted by Gasteiger charge is 2.50. The van der Waals surface area contributed by atoms with Gasteiger partial charge in [0, 0.05) is 12.2 Å². The molecule has 1 aliphatic heterocycles. The molecule has 4 nitrogen and oxygen atoms in total. The van der Waals surface area contributed by atoms with E-state index in [0.717, 1.165) is 18.5 Å². The van der Waals surface area contributed by atoms with E-state index in [4.69, 9.17) is 23.2 Å². The molecule has 26 heavy (non-hydrogen) atoms. The summed E-state index contributed by atoms with van der Waals surface area (Å²) in [5, 5.41) is 3.50. The number of halogens is 2. The number of carbonyl (C=O) groups is 2. The Morgan fingerprint density at radius 3 is 2.69 bits per heavy atom. The summed E-state index contributed by atoms with van der Waals surface area (Å²) in [6.45, 7) is 0.709. The van der Waals surface area contributed by atoms with Gasteiger partial charge < -0.3 is 10.2 Å². The predicted octanol–water partition coefficient (Wildman–Crippen LogP) is 4.55. The molecule has 6 heteroatoms. The Hall–Kier alpha value is -2.04. The second-order valence-electron chi connectivity index (χ2n) is 6.76. The van der Waals surface area contributed by atoms with E-state index in [2.05, 4.69) is 11.4 Å². The third kappa shape index (κ3) is 3.19. The van der Waals surface area contributed by atoms with Gasteiger partial charge in [0.1, 0.15) is 0 Å². The van der Waals surface area contributed by atoms with E-state index in [1.54, 1.807) is 18.2 Å². The zero-order valence-corrected chi connectivity index (χ0v) is 15.6. The van der Waals surface area contributed by atoms with E-state index in [0.29, 0.717) is 28.7 Å². The van der Waals surface area contributed by atoms with Gasteiger partial charge >= 0.3 is 0 Å². The van der Waals surface area contributed by atoms with Crippen molar-refractivity contribution in [1.29, 1.82) is 0 Å². The minimum atomic E-state index is -0.313. The molecule has 2 aromatic rings. The lowest BCUT2D eigenvalue weighted by molar-refractivity contribution is -0.123. The van der Waals surface area contributed by atoms with E-state index in [1.165, 1.54) is 5.56 Å². The van der Waals surface area contributed by atoms with Crippen LogP contribution in [-0.4, -0.2) is 18.4 Å². The molecule has 1 N–H and O–H groups in total. The largest absolute Gasteiger partial charge is 0.324 e. The number of anilines is 2. The van der Waals surface area contributed by atoms with Crippen molar-refractivity contribution in [2.24, 2.45) is 11.8 Å². The summed E-state index contributed by atoms with van der Waals surface area (Å²) in [6.07, 6.45) is 2.51. The van der Waals surface area contributed by atoms with Crippen LogP contribution < -0.4 is 10.2 Å². The maximum atomic E-state index is 12.9. The normalized spacial score (nSPS) is 21.1. The van der Waals surface area contributed by atoms with Gasteiger partial charge in [-0.05, 0) is 43.0 Å². The topological polar surface area (TPSA) is 49.4 Å². The molecule has 2 unspecified atom stereocenters. The van der Waals surface area contributed by atoms with E-state index in [1.807, 2.05) is 23.1 Å². The minimum Gasteiger partial charge on any atom is -0.324 e. The average molecular weight is 389 g/mol. The quantitative estimate of drug-likeness (QED) is 0.838. The lowest BCUT2D eigenvalue weighted by atomic mass is 10.0. The van der Waals surface area contributed by atoms with Crippen molar-refractivity contribution in [1.82, 2.24) is 0 Å². The Balaban J connectivity index is 1.45. The first-order valence-corrected chi connectivity index (χ1v) is 9.46. The van der Waals surface area contributed by atoms with E-state index >= 15 is 0 Å². The van der Waals surface area contributed by atoms with Gasteiger partial charge in [0.2, 0.25) is 11.8 Å². The summed E-state index contributed by atoms with van der Waals surface area (Å²) < 4.78 is 0. The third-order valence-corrected chi connectivity index (χ3v) is 5.85. The minimum absolute atomic E-state index is 0.0366. The van der Waals surface area contributed by atoms with E-state index < -0.39 is 0 Å². The highest BCUT2D eigenvalue weighted by Crippen LogP contribution is 2.43. The summed E-state index contributed by atoms with van der Waals surface area (Å²) in [7, 11) is 0. The molecule has 1 saturated carbocycles. The van der Waals surface area contributed by atoms with Crippen LogP contribution in [0.15, 0.2) is 42.5 Å². The van der Waals surface area contributed by atoms with Crippen molar-refractivity contribution in [2.75, 3.05) is 16.8 Å². The molecule has 0 bridgehead atoms. The molecule has 4 rings (SSSR count). The van der Waals surface area contributed by atoms with Crippen LogP contribution in [0, 0.1) is 11.8 Å². The summed E-state index contributed by atoms with van der Waals surface area (Å²) in [5.41, 5.74) is 2.65. The highest BCUT2D eigenvalue weighted by atomic mass is 35.5. The number of carbonyl (C=O) groups excluding carboxylic acids is 2. The zero-order valence-electron chi connectivity index (χ0n) is 14.0. The third-order valence-electron chi connectivity index (χ3n) is 5.03. The van der Waals surface area contributed by atoms with Crippen LogP contribution in [0.3, 0.4) is 0 Å². The smallest absolute Gasteiger partial charge is 0.230 e. The van der Waals surface area contributed by atoms with E-state index in [-0.39, 0.29) is 23.7 Å². The molecule has 2 aliphatic rings. The van der Waals surface area contributed by atoms with Gasteiger partial charge in [0.25, 0.3) is 0 Å². The lowest BCUT2D eigenvalue weighted by Gasteiger charge is -2.29. The van der Waals surface area contributed by atoms with Crippen molar-refractivity contribution in [2.45, 2.75) is 19.3 Å². The average Bonchev–Trinajstić information content (AvgIpc) is 3.45. The Morgan fingerprint density at radius 1 is 1.04 bits per heavy atom. The second-order valence-corrected chi connectivity index (χ2v) is 7.55. The van der Waals surface area contributed by atoms with Crippen LogP contribution in [0.4, 0.5) is 11.4 Å². The molecular weight excluding hydrogens is 371 g/mol. The van der Waals surface area contributed by atoms with Crippen molar-refractivity contribution in [3.63, 3.8) is 0 Å². The number of nitrogens with zero attached hydrogens (tertiary/aromatic N) is 1. The Kier molecular flexibility index (Phi) is 4.63. The first-order valence-electron chi connectivity index (χ1n) is 8.70. The standard InChI is InChI=1S/C20H18Cl2N2O2/c21-15-7-3-8-16(18(15)22)23-19(25)13-11-14(13)20(26)24-10-4-6-12-5-1-2-9-17(12)24/h1-3,5,7-9,13-14H,4,6,10-11H2,(H,23,25). The number of hydrogen-bond donors (Lipinski definition) is 1. The Morgan fingerprint density at radius 2 is 1.85 bits per heavy atom. The first-order chi connectivity index (χ1) is 12.6. The number of amides is 2. The molecule has 0 saturated heterocycles. The van der Waals surface area contributed by atoms with Gasteiger partial charge in [-0.25, -0.2) is 0 Å². The highest BCUT2D eigenvalue weighted by molar-refractivity contribution is 6.44. The van der Waals surface area contributed by atoms with Gasteiger partial charge in [0.15, 0.2) is 0 Å². The van der Waals surface area contributed by atoms with Crippen molar-refractivity contribution in [3.05, 3.63) is 58.1 Å². The fraction of sp³-hybridized carbons (Fsp3) is 0.300. The van der Waals surface area contributed by atoms with Crippen molar-refractivity contribution < 1.29 is 9.59 Å². The number of benzene rings is 2. The lowest BCUT2D eigenvalue weighted by Crippen LogP contribution is -2.37. The molecule has 2 aromatic carbocycles. The van der Waals surface area contributed by atoms with Crippen LogP contribution in [0.1, 0.15) is 18.4 Å². The number of para-hydroxylation sites is 1. The monoisotopic (exact) mass is 388 g/mol. The van der Waals surface area contributed by atoms with Crippen LogP contribution >= 0.6 is 23.2 Å². The maximum Gasteiger partial charge on any atom is 0.230 e.